The van der Waals surface area contributed by atoms with Crippen LogP contribution >= 0.6 is 11.3 Å². The Hall–Kier alpha value is -2.66. The number of carboxylic acid groups (broad SMARTS) is 1. The molecule has 1 N–H and O–H groups in total. The number of aliphatic carboxylic acids is 1. The number of fused-ring (bicyclic) bond motifs is 1. The smallest absolute Gasteiger partial charge is 0.303 e. The van der Waals surface area contributed by atoms with Crippen LogP contribution in [0.15, 0.2) is 42.5 Å². The molecule has 0 fully saturated rings. The van der Waals surface area contributed by atoms with Crippen LogP contribution in [-0.4, -0.2) is 23.2 Å². The number of thiazole rings is 1. The topological polar surface area (TPSA) is 59.4 Å². The number of aromatic nitrogens is 1. The first-order valence-electron chi connectivity index (χ1n) is 8.50. The molecule has 0 aliphatic heterocycles. The Bertz CT molecular complexity index is 926. The summed E-state index contributed by atoms with van der Waals surface area (Å²) < 4.78 is 6.46. The van der Waals surface area contributed by atoms with Crippen LogP contribution in [0.5, 0.6) is 5.75 Å². The Morgan fingerprint density at radius 2 is 2.04 bits per heavy atom. The van der Waals surface area contributed by atoms with E-state index in [4.69, 9.17) is 14.8 Å². The van der Waals surface area contributed by atoms with Gasteiger partial charge in [0.25, 0.3) is 0 Å². The quantitative estimate of drug-likeness (QED) is 0.607. The van der Waals surface area contributed by atoms with E-state index in [1.54, 1.807) is 18.4 Å². The van der Waals surface area contributed by atoms with Crippen LogP contribution in [0.4, 0.5) is 0 Å². The highest BCUT2D eigenvalue weighted by atomic mass is 32.1. The van der Waals surface area contributed by atoms with E-state index in [1.165, 1.54) is 0 Å². The van der Waals surface area contributed by atoms with Crippen molar-refractivity contribution in [1.82, 2.24) is 4.98 Å². The van der Waals surface area contributed by atoms with Crippen molar-refractivity contribution < 1.29 is 14.6 Å². The molecular weight excluding hydrogens is 346 g/mol. The van der Waals surface area contributed by atoms with Crippen molar-refractivity contribution in [1.29, 1.82) is 0 Å². The normalized spacial score (nSPS) is 11.7. The van der Waals surface area contributed by atoms with Gasteiger partial charge in [-0.1, -0.05) is 18.2 Å². The molecule has 0 spiro atoms. The lowest BCUT2D eigenvalue weighted by atomic mass is 10.0. The molecule has 3 rings (SSSR count). The molecule has 134 valence electrons. The van der Waals surface area contributed by atoms with Gasteiger partial charge in [0.05, 0.1) is 17.3 Å². The lowest BCUT2D eigenvalue weighted by Gasteiger charge is -2.07. The van der Waals surface area contributed by atoms with Crippen molar-refractivity contribution in [2.75, 3.05) is 7.11 Å². The first kappa shape index (κ1) is 18.1. The zero-order chi connectivity index (χ0) is 18.5. The molecule has 0 atom stereocenters. The summed E-state index contributed by atoms with van der Waals surface area (Å²) in [6.07, 6.45) is 3.53. The molecule has 0 amide bonds. The fourth-order valence-corrected chi connectivity index (χ4v) is 3.88. The van der Waals surface area contributed by atoms with E-state index in [2.05, 4.69) is 18.2 Å². The minimum atomic E-state index is -0.769. The Kier molecular flexibility index (Phi) is 5.68. The maximum atomic E-state index is 10.9. The number of methoxy groups -OCH3 is 1. The van der Waals surface area contributed by atoms with Crippen molar-refractivity contribution in [3.05, 3.63) is 58.6 Å². The van der Waals surface area contributed by atoms with E-state index in [0.717, 1.165) is 37.7 Å². The summed E-state index contributed by atoms with van der Waals surface area (Å²) in [4.78, 5) is 15.6. The first-order valence-corrected chi connectivity index (χ1v) is 9.31. The van der Waals surface area contributed by atoms with Crippen LogP contribution in [-0.2, 0) is 4.79 Å². The molecule has 0 bridgehead atoms. The monoisotopic (exact) mass is 367 g/mol. The number of para-hydroxylation sites is 1. The third kappa shape index (κ3) is 4.29. The van der Waals surface area contributed by atoms with E-state index in [-0.39, 0.29) is 6.42 Å². The van der Waals surface area contributed by atoms with E-state index in [1.807, 2.05) is 37.3 Å². The van der Waals surface area contributed by atoms with Crippen molar-refractivity contribution in [2.45, 2.75) is 26.2 Å². The van der Waals surface area contributed by atoms with Gasteiger partial charge in [0.2, 0.25) is 0 Å². The van der Waals surface area contributed by atoms with Gasteiger partial charge in [0.1, 0.15) is 10.8 Å². The Balaban J connectivity index is 1.96. The number of carboxylic acids is 1. The van der Waals surface area contributed by atoms with Gasteiger partial charge in [0, 0.05) is 6.42 Å². The average Bonchev–Trinajstić information content (AvgIpc) is 3.05. The number of rotatable bonds is 7. The summed E-state index contributed by atoms with van der Waals surface area (Å²) in [5.41, 5.74) is 4.17. The summed E-state index contributed by atoms with van der Waals surface area (Å²) in [6.45, 7) is 2.01. The van der Waals surface area contributed by atoms with E-state index >= 15 is 0 Å². The molecule has 1 aromatic heterocycles. The molecule has 3 aromatic rings. The third-order valence-corrected chi connectivity index (χ3v) is 5.28. The van der Waals surface area contributed by atoms with Gasteiger partial charge in [-0.05, 0) is 66.8 Å². The van der Waals surface area contributed by atoms with Gasteiger partial charge >= 0.3 is 5.97 Å². The van der Waals surface area contributed by atoms with Gasteiger partial charge in [0.15, 0.2) is 0 Å². The third-order valence-electron chi connectivity index (χ3n) is 4.17. The number of ether oxygens (including phenoxy) is 1. The lowest BCUT2D eigenvalue weighted by molar-refractivity contribution is -0.137. The second-order valence-corrected chi connectivity index (χ2v) is 7.16. The van der Waals surface area contributed by atoms with E-state index in [0.29, 0.717) is 12.8 Å². The van der Waals surface area contributed by atoms with Gasteiger partial charge < -0.3 is 9.84 Å². The minimum Gasteiger partial charge on any atom is -0.496 e. The Labute approximate surface area is 156 Å². The molecule has 0 saturated carbocycles. The van der Waals surface area contributed by atoms with Crippen molar-refractivity contribution in [2.24, 2.45) is 0 Å². The maximum absolute atomic E-state index is 10.9. The number of benzene rings is 2. The van der Waals surface area contributed by atoms with Gasteiger partial charge in [-0.25, -0.2) is 4.98 Å². The number of nitrogens with zero attached hydrogens (tertiary/aromatic N) is 1. The van der Waals surface area contributed by atoms with Crippen LogP contribution < -0.4 is 4.74 Å². The van der Waals surface area contributed by atoms with Crippen LogP contribution in [0.3, 0.4) is 0 Å². The molecule has 0 saturated heterocycles. The number of hydrogen-bond acceptors (Lipinski definition) is 4. The number of aryl methyl sites for hydroxylation is 1. The second kappa shape index (κ2) is 8.15. The Morgan fingerprint density at radius 3 is 2.73 bits per heavy atom. The first-order chi connectivity index (χ1) is 12.6. The molecule has 0 unspecified atom stereocenters. The number of hydrogen-bond donors (Lipinski definition) is 1. The van der Waals surface area contributed by atoms with Crippen LogP contribution in [0.1, 0.15) is 35.4 Å². The number of allylic oxidation sites excluding steroid dienone is 1. The highest BCUT2D eigenvalue weighted by molar-refractivity contribution is 7.19. The average molecular weight is 367 g/mol. The predicted molar refractivity (Wildman–Crippen MR) is 107 cm³/mol. The summed E-state index contributed by atoms with van der Waals surface area (Å²) in [5.74, 6) is 0.0866. The fraction of sp³-hybridized carbons (Fsp3) is 0.238. The lowest BCUT2D eigenvalue weighted by Crippen LogP contribution is -1.95. The highest BCUT2D eigenvalue weighted by Gasteiger charge is 2.10. The second-order valence-electron chi connectivity index (χ2n) is 6.13. The van der Waals surface area contributed by atoms with Crippen molar-refractivity contribution in [3.8, 4) is 5.75 Å². The zero-order valence-electron chi connectivity index (χ0n) is 14.9. The number of carbonyl (C=O) groups is 1. The molecule has 26 heavy (non-hydrogen) atoms. The summed E-state index contributed by atoms with van der Waals surface area (Å²) in [6, 6.07) is 14.1. The summed E-state index contributed by atoms with van der Waals surface area (Å²) in [7, 11) is 1.66. The van der Waals surface area contributed by atoms with Gasteiger partial charge in [-0.3, -0.25) is 4.79 Å². The molecule has 1 heterocycles. The van der Waals surface area contributed by atoms with Gasteiger partial charge in [-0.15, -0.1) is 11.3 Å². The molecule has 0 radical (unpaired) electrons. The largest absolute Gasteiger partial charge is 0.496 e. The van der Waals surface area contributed by atoms with Crippen molar-refractivity contribution in [3.63, 3.8) is 0 Å². The van der Waals surface area contributed by atoms with Gasteiger partial charge in [-0.2, -0.15) is 0 Å². The standard InChI is InChI=1S/C21H21NO3S/c1-14-12-15(10-11-18(14)25-2)13-16(6-5-9-20(23)24)21-22-17-7-3-4-8-19(17)26-21/h3-4,7-8,10-13H,5-6,9H2,1-2H3,(H,23,24)/b16-13+. The maximum Gasteiger partial charge on any atom is 0.303 e. The molecule has 0 aliphatic carbocycles. The zero-order valence-corrected chi connectivity index (χ0v) is 15.7. The highest BCUT2D eigenvalue weighted by Crippen LogP contribution is 2.32. The fourth-order valence-electron chi connectivity index (χ4n) is 2.87. The molecule has 2 aromatic carbocycles. The summed E-state index contributed by atoms with van der Waals surface area (Å²) in [5, 5.41) is 9.90. The minimum absolute atomic E-state index is 0.157. The molecule has 0 aliphatic rings. The molecular formula is C21H21NO3S. The summed E-state index contributed by atoms with van der Waals surface area (Å²) >= 11 is 1.64. The predicted octanol–water partition coefficient (Wildman–Crippen LogP) is 5.41. The van der Waals surface area contributed by atoms with E-state index < -0.39 is 5.97 Å². The molecule has 5 heteroatoms. The van der Waals surface area contributed by atoms with Crippen LogP contribution in [0.25, 0.3) is 21.9 Å². The van der Waals surface area contributed by atoms with Crippen LogP contribution in [0.2, 0.25) is 0 Å². The van der Waals surface area contributed by atoms with Crippen LogP contribution in [0, 0.1) is 6.92 Å². The van der Waals surface area contributed by atoms with Crippen molar-refractivity contribution >= 4 is 39.2 Å². The Morgan fingerprint density at radius 1 is 1.23 bits per heavy atom. The SMILES string of the molecule is COc1ccc(/C=C(\CCCC(=O)O)c2nc3ccccc3s2)cc1C. The van der Waals surface area contributed by atoms with E-state index in [9.17, 15) is 4.79 Å². The molecule has 4 nitrogen and oxygen atoms in total.